The van der Waals surface area contributed by atoms with Crippen molar-refractivity contribution in [1.82, 2.24) is 0 Å². The Hall–Kier alpha value is -3.92. The maximum absolute atomic E-state index is 13.2. The number of ketones is 1. The fourth-order valence-electron chi connectivity index (χ4n) is 3.92. The first-order valence-electron chi connectivity index (χ1n) is 9.27. The third kappa shape index (κ3) is 2.53. The highest BCUT2D eigenvalue weighted by molar-refractivity contribution is 6.33. The molecule has 0 aromatic heterocycles. The summed E-state index contributed by atoms with van der Waals surface area (Å²) in [6.07, 6.45) is 0. The highest BCUT2D eigenvalue weighted by Gasteiger charge is 2.34. The molecule has 4 heteroatoms. The molecule has 1 aliphatic rings. The van der Waals surface area contributed by atoms with E-state index in [-0.39, 0.29) is 17.1 Å². The van der Waals surface area contributed by atoms with E-state index in [4.69, 9.17) is 4.74 Å². The zero-order valence-electron chi connectivity index (χ0n) is 15.6. The van der Waals surface area contributed by atoms with Gasteiger partial charge in [-0.15, -0.1) is 0 Å². The van der Waals surface area contributed by atoms with Crippen LogP contribution in [0.3, 0.4) is 0 Å². The van der Waals surface area contributed by atoms with Gasteiger partial charge in [-0.3, -0.25) is 4.79 Å². The number of phenols is 1. The van der Waals surface area contributed by atoms with Gasteiger partial charge in [-0.25, -0.2) is 4.79 Å². The summed E-state index contributed by atoms with van der Waals surface area (Å²) < 4.78 is 5.60. The molecule has 0 saturated heterocycles. The van der Waals surface area contributed by atoms with Crippen LogP contribution in [0.25, 0.3) is 27.1 Å². The van der Waals surface area contributed by atoms with E-state index in [1.54, 1.807) is 25.1 Å². The molecule has 0 aliphatic carbocycles. The zero-order valence-corrected chi connectivity index (χ0v) is 15.6. The molecule has 4 aromatic rings. The SMILES string of the molecule is CC(=C1C(=O)Oc2c(ccc3ccccc23)C1=O)c1ccc2ccccc2c1O. The van der Waals surface area contributed by atoms with Gasteiger partial charge in [-0.05, 0) is 29.3 Å². The number of benzene rings is 4. The topological polar surface area (TPSA) is 63.6 Å². The molecule has 4 nitrogen and oxygen atoms in total. The molecule has 0 spiro atoms. The Labute approximate surface area is 166 Å². The lowest BCUT2D eigenvalue weighted by molar-refractivity contribution is -0.129. The first-order valence-corrected chi connectivity index (χ1v) is 9.27. The van der Waals surface area contributed by atoms with Gasteiger partial charge in [0, 0.05) is 16.3 Å². The number of ether oxygens (including phenoxy) is 1. The Bertz CT molecular complexity index is 1380. The van der Waals surface area contributed by atoms with Gasteiger partial charge >= 0.3 is 5.97 Å². The molecule has 1 N–H and O–H groups in total. The minimum absolute atomic E-state index is 0.0398. The average molecular weight is 380 g/mol. The molecule has 0 bridgehead atoms. The lowest BCUT2D eigenvalue weighted by Crippen LogP contribution is -2.26. The Kier molecular flexibility index (Phi) is 3.74. The van der Waals surface area contributed by atoms with E-state index in [1.165, 1.54) is 0 Å². The fraction of sp³-hybridized carbons (Fsp3) is 0.0400. The smallest absolute Gasteiger partial charge is 0.347 e. The predicted octanol–water partition coefficient (Wildman–Crippen LogP) is 5.27. The normalized spacial score (nSPS) is 15.3. The average Bonchev–Trinajstić information content (AvgIpc) is 2.74. The monoisotopic (exact) mass is 380 g/mol. The number of esters is 1. The highest BCUT2D eigenvalue weighted by atomic mass is 16.5. The number of Topliss-reactive ketones (excluding diaryl/α,β-unsaturated/α-hetero) is 1. The summed E-state index contributed by atoms with van der Waals surface area (Å²) in [4.78, 5) is 26.0. The zero-order chi connectivity index (χ0) is 20.1. The van der Waals surface area contributed by atoms with Crippen LogP contribution in [0.2, 0.25) is 0 Å². The van der Waals surface area contributed by atoms with Crippen molar-refractivity contribution in [3.63, 3.8) is 0 Å². The maximum Gasteiger partial charge on any atom is 0.347 e. The summed E-state index contributed by atoms with van der Waals surface area (Å²) >= 11 is 0. The van der Waals surface area contributed by atoms with Gasteiger partial charge in [-0.1, -0.05) is 66.7 Å². The van der Waals surface area contributed by atoms with Crippen molar-refractivity contribution in [1.29, 1.82) is 0 Å². The summed E-state index contributed by atoms with van der Waals surface area (Å²) in [7, 11) is 0. The minimum atomic E-state index is -0.705. The van der Waals surface area contributed by atoms with Gasteiger partial charge < -0.3 is 9.84 Å². The molecule has 4 aromatic carbocycles. The summed E-state index contributed by atoms with van der Waals surface area (Å²) in [5, 5.41) is 13.9. The molecule has 0 radical (unpaired) electrons. The lowest BCUT2D eigenvalue weighted by atomic mass is 9.90. The van der Waals surface area contributed by atoms with Crippen molar-refractivity contribution in [2.24, 2.45) is 0 Å². The number of fused-ring (bicyclic) bond motifs is 4. The first kappa shape index (κ1) is 17.2. The van der Waals surface area contributed by atoms with Crippen LogP contribution in [-0.4, -0.2) is 16.9 Å². The third-order valence-corrected chi connectivity index (χ3v) is 5.43. The quantitative estimate of drug-likeness (QED) is 0.211. The van der Waals surface area contributed by atoms with Gasteiger partial charge in [0.2, 0.25) is 5.78 Å². The van der Waals surface area contributed by atoms with Crippen molar-refractivity contribution in [3.8, 4) is 11.5 Å². The number of hydrogen-bond donors (Lipinski definition) is 1. The Morgan fingerprint density at radius 1 is 0.793 bits per heavy atom. The van der Waals surface area contributed by atoms with Gasteiger partial charge in [0.1, 0.15) is 17.1 Å². The van der Waals surface area contributed by atoms with Crippen LogP contribution in [-0.2, 0) is 4.79 Å². The summed E-state index contributed by atoms with van der Waals surface area (Å²) in [5.41, 5.74) is 1.12. The number of phenolic OH excluding ortho intramolecular Hbond substituents is 1. The van der Waals surface area contributed by atoms with Crippen LogP contribution in [0.5, 0.6) is 11.5 Å². The standard InChI is InChI=1S/C25H16O4/c1-14(17-12-10-15-6-2-4-8-18(15)22(17)26)21-23(27)20-13-11-16-7-3-5-9-19(16)24(20)29-25(21)28/h2-13,26H,1H3. The maximum atomic E-state index is 13.2. The van der Waals surface area contributed by atoms with E-state index in [0.29, 0.717) is 22.1 Å². The van der Waals surface area contributed by atoms with E-state index >= 15 is 0 Å². The first-order chi connectivity index (χ1) is 14.1. The number of rotatable bonds is 1. The molecular formula is C25H16O4. The number of hydrogen-bond acceptors (Lipinski definition) is 4. The molecule has 0 unspecified atom stereocenters. The molecule has 0 amide bonds. The molecule has 0 saturated carbocycles. The summed E-state index contributed by atoms with van der Waals surface area (Å²) in [6.45, 7) is 1.66. The van der Waals surface area contributed by atoms with Crippen LogP contribution in [0.4, 0.5) is 0 Å². The summed E-state index contributed by atoms with van der Waals surface area (Å²) in [5.74, 6) is -0.772. The van der Waals surface area contributed by atoms with E-state index < -0.39 is 11.8 Å². The molecule has 5 rings (SSSR count). The highest BCUT2D eigenvalue weighted by Crippen LogP contribution is 2.39. The Morgan fingerprint density at radius 3 is 2.17 bits per heavy atom. The second-order valence-corrected chi connectivity index (χ2v) is 7.06. The molecule has 1 aliphatic heterocycles. The number of allylic oxidation sites excluding steroid dienone is 1. The van der Waals surface area contributed by atoms with Crippen molar-refractivity contribution >= 4 is 38.9 Å². The van der Waals surface area contributed by atoms with Crippen molar-refractivity contribution in [2.75, 3.05) is 0 Å². The van der Waals surface area contributed by atoms with Gasteiger partial charge in [-0.2, -0.15) is 0 Å². The third-order valence-electron chi connectivity index (χ3n) is 5.43. The number of carbonyl (C=O) groups excluding carboxylic acids is 2. The lowest BCUT2D eigenvalue weighted by Gasteiger charge is -2.21. The van der Waals surface area contributed by atoms with Crippen molar-refractivity contribution in [3.05, 3.63) is 89.5 Å². The molecule has 0 fully saturated rings. The second kappa shape index (κ2) is 6.31. The fourth-order valence-corrected chi connectivity index (χ4v) is 3.92. The Balaban J connectivity index is 1.72. The summed E-state index contributed by atoms with van der Waals surface area (Å²) in [6, 6.07) is 22.0. The molecular weight excluding hydrogens is 364 g/mol. The molecule has 0 atom stereocenters. The van der Waals surface area contributed by atoms with Crippen molar-refractivity contribution < 1.29 is 19.4 Å². The van der Waals surface area contributed by atoms with Crippen LogP contribution < -0.4 is 4.74 Å². The number of carbonyl (C=O) groups is 2. The van der Waals surface area contributed by atoms with E-state index in [2.05, 4.69) is 0 Å². The molecule has 140 valence electrons. The van der Waals surface area contributed by atoms with Gasteiger partial charge in [0.25, 0.3) is 0 Å². The predicted molar refractivity (Wildman–Crippen MR) is 112 cm³/mol. The van der Waals surface area contributed by atoms with Crippen molar-refractivity contribution in [2.45, 2.75) is 6.92 Å². The van der Waals surface area contributed by atoms with Crippen LogP contribution in [0, 0.1) is 0 Å². The van der Waals surface area contributed by atoms with Gasteiger partial charge in [0.05, 0.1) is 5.56 Å². The van der Waals surface area contributed by atoms with Gasteiger partial charge in [0.15, 0.2) is 0 Å². The molecule has 1 heterocycles. The van der Waals surface area contributed by atoms with Crippen LogP contribution in [0.1, 0.15) is 22.8 Å². The number of aromatic hydroxyl groups is 1. The largest absolute Gasteiger partial charge is 0.507 e. The molecule has 29 heavy (non-hydrogen) atoms. The Morgan fingerprint density at radius 2 is 1.41 bits per heavy atom. The van der Waals surface area contributed by atoms with E-state index in [1.807, 2.05) is 54.6 Å². The second-order valence-electron chi connectivity index (χ2n) is 7.06. The van der Waals surface area contributed by atoms with Crippen LogP contribution in [0.15, 0.2) is 78.4 Å². The minimum Gasteiger partial charge on any atom is -0.507 e. The van der Waals surface area contributed by atoms with Crippen LogP contribution >= 0.6 is 0 Å². The van der Waals surface area contributed by atoms with E-state index in [0.717, 1.165) is 16.2 Å². The van der Waals surface area contributed by atoms with E-state index in [9.17, 15) is 14.7 Å².